The summed E-state index contributed by atoms with van der Waals surface area (Å²) in [4.78, 5) is 27.5. The lowest BCUT2D eigenvalue weighted by atomic mass is 9.94. The highest BCUT2D eigenvalue weighted by atomic mass is 16.5. The summed E-state index contributed by atoms with van der Waals surface area (Å²) in [6.07, 6.45) is 0. The number of hydrogen-bond acceptors (Lipinski definition) is 7. The molecule has 8 nitrogen and oxygen atoms in total. The van der Waals surface area contributed by atoms with E-state index in [2.05, 4.69) is 13.8 Å². The molecule has 0 unspecified atom stereocenters. The molecule has 0 radical (unpaired) electrons. The van der Waals surface area contributed by atoms with Gasteiger partial charge in [0.1, 0.15) is 23.0 Å². The van der Waals surface area contributed by atoms with Crippen LogP contribution in [0.15, 0.2) is 48.0 Å². The van der Waals surface area contributed by atoms with E-state index in [1.807, 2.05) is 0 Å². The number of carbonyl (C=O) groups excluding carboxylic acids is 2. The van der Waals surface area contributed by atoms with Crippen LogP contribution in [0.4, 0.5) is 0 Å². The molecule has 182 valence electrons. The molecule has 3 rings (SSSR count). The molecular formula is C26H31NO7. The van der Waals surface area contributed by atoms with Gasteiger partial charge in [0.25, 0.3) is 11.7 Å². The van der Waals surface area contributed by atoms with Crippen LogP contribution >= 0.6 is 0 Å². The summed E-state index contributed by atoms with van der Waals surface area (Å²) in [6.45, 7) is 5.06. The van der Waals surface area contributed by atoms with Crippen LogP contribution in [0.5, 0.6) is 17.2 Å². The summed E-state index contributed by atoms with van der Waals surface area (Å²) in [7, 11) is 4.55. The summed E-state index contributed by atoms with van der Waals surface area (Å²) in [5.74, 6) is 0.268. The van der Waals surface area contributed by atoms with Crippen molar-refractivity contribution < 1.29 is 33.6 Å². The first kappa shape index (κ1) is 25.1. The number of carbonyl (C=O) groups is 2. The first-order chi connectivity index (χ1) is 16.3. The van der Waals surface area contributed by atoms with Crippen LogP contribution in [-0.4, -0.2) is 62.8 Å². The molecule has 0 bridgehead atoms. The van der Waals surface area contributed by atoms with E-state index >= 15 is 0 Å². The molecule has 1 atom stereocenters. The highest BCUT2D eigenvalue weighted by molar-refractivity contribution is 6.46. The molecule has 1 heterocycles. The van der Waals surface area contributed by atoms with Crippen molar-refractivity contribution in [3.05, 3.63) is 59.2 Å². The van der Waals surface area contributed by atoms with Gasteiger partial charge in [-0.3, -0.25) is 9.59 Å². The third kappa shape index (κ3) is 5.17. The Labute approximate surface area is 199 Å². The van der Waals surface area contributed by atoms with Crippen molar-refractivity contribution in [3.63, 3.8) is 0 Å². The van der Waals surface area contributed by atoms with Gasteiger partial charge in [-0.1, -0.05) is 13.8 Å². The molecule has 1 saturated heterocycles. The van der Waals surface area contributed by atoms with Gasteiger partial charge in [-0.15, -0.1) is 0 Å². The maximum absolute atomic E-state index is 13.1. The Morgan fingerprint density at radius 1 is 1.00 bits per heavy atom. The number of benzene rings is 2. The molecular weight excluding hydrogens is 438 g/mol. The lowest BCUT2D eigenvalue weighted by Gasteiger charge is -2.26. The van der Waals surface area contributed by atoms with Gasteiger partial charge in [0.2, 0.25) is 0 Å². The number of nitrogens with zero attached hydrogens (tertiary/aromatic N) is 1. The Kier molecular flexibility index (Phi) is 8.17. The second-order valence-corrected chi connectivity index (χ2v) is 8.32. The summed E-state index contributed by atoms with van der Waals surface area (Å²) in [5.41, 5.74) is 0.941. The van der Waals surface area contributed by atoms with E-state index in [4.69, 9.17) is 18.9 Å². The number of aliphatic hydroxyl groups excluding tert-OH is 1. The Hall–Kier alpha value is -3.52. The summed E-state index contributed by atoms with van der Waals surface area (Å²) in [5, 5.41) is 11.2. The average molecular weight is 470 g/mol. The number of amides is 1. The van der Waals surface area contributed by atoms with Crippen molar-refractivity contribution in [3.8, 4) is 17.2 Å². The zero-order chi connectivity index (χ0) is 24.8. The van der Waals surface area contributed by atoms with E-state index in [-0.39, 0.29) is 24.5 Å². The minimum absolute atomic E-state index is 0.0135. The smallest absolute Gasteiger partial charge is 0.295 e. The molecule has 1 fully saturated rings. The van der Waals surface area contributed by atoms with Gasteiger partial charge in [-0.25, -0.2) is 0 Å². The van der Waals surface area contributed by atoms with Gasteiger partial charge in [0, 0.05) is 30.8 Å². The van der Waals surface area contributed by atoms with Crippen molar-refractivity contribution >= 4 is 17.4 Å². The molecule has 1 aliphatic rings. The number of ketones is 1. The first-order valence-corrected chi connectivity index (χ1v) is 11.0. The molecule has 0 saturated carbocycles. The topological polar surface area (TPSA) is 94.5 Å². The normalized spacial score (nSPS) is 17.4. The molecule has 2 aromatic rings. The predicted octanol–water partition coefficient (Wildman–Crippen LogP) is 3.81. The fourth-order valence-electron chi connectivity index (χ4n) is 3.80. The van der Waals surface area contributed by atoms with Crippen molar-refractivity contribution in [1.82, 2.24) is 4.90 Å². The maximum Gasteiger partial charge on any atom is 0.295 e. The summed E-state index contributed by atoms with van der Waals surface area (Å²) >= 11 is 0. The fourth-order valence-corrected chi connectivity index (χ4v) is 3.80. The van der Waals surface area contributed by atoms with E-state index in [9.17, 15) is 14.7 Å². The van der Waals surface area contributed by atoms with Gasteiger partial charge < -0.3 is 29.0 Å². The van der Waals surface area contributed by atoms with Gasteiger partial charge in [-0.2, -0.15) is 0 Å². The molecule has 34 heavy (non-hydrogen) atoms. The second-order valence-electron chi connectivity index (χ2n) is 8.32. The third-order valence-corrected chi connectivity index (χ3v) is 5.52. The number of Topliss-reactive ketones (excluding diaryl/α,β-unsaturated/α-hetero) is 1. The van der Waals surface area contributed by atoms with Crippen LogP contribution in [0.1, 0.15) is 31.0 Å². The highest BCUT2D eigenvalue weighted by Crippen LogP contribution is 2.43. The average Bonchev–Trinajstić information content (AvgIpc) is 3.10. The Morgan fingerprint density at radius 2 is 1.68 bits per heavy atom. The highest BCUT2D eigenvalue weighted by Gasteiger charge is 2.47. The molecule has 0 aliphatic carbocycles. The van der Waals surface area contributed by atoms with Gasteiger partial charge in [0.05, 0.1) is 39.0 Å². The maximum atomic E-state index is 13.1. The van der Waals surface area contributed by atoms with E-state index in [1.165, 1.54) is 26.2 Å². The van der Waals surface area contributed by atoms with Crippen LogP contribution in [0, 0.1) is 5.92 Å². The molecule has 1 amide bonds. The van der Waals surface area contributed by atoms with E-state index in [0.717, 1.165) is 0 Å². The van der Waals surface area contributed by atoms with Crippen LogP contribution in [0.2, 0.25) is 0 Å². The molecule has 0 spiro atoms. The Morgan fingerprint density at radius 3 is 2.26 bits per heavy atom. The van der Waals surface area contributed by atoms with Gasteiger partial charge >= 0.3 is 0 Å². The van der Waals surface area contributed by atoms with Crippen molar-refractivity contribution in [2.45, 2.75) is 19.9 Å². The SMILES string of the molecule is COCCN1C(=O)C(=O)C(=C(O)c2ccc(OCC(C)C)cc2)[C@H]1c1ccc(OC)cc1OC. The van der Waals surface area contributed by atoms with Crippen molar-refractivity contribution in [1.29, 1.82) is 0 Å². The summed E-state index contributed by atoms with van der Waals surface area (Å²) in [6, 6.07) is 11.0. The van der Waals surface area contributed by atoms with Crippen LogP contribution < -0.4 is 14.2 Å². The molecule has 1 N–H and O–H groups in total. The van der Waals surface area contributed by atoms with Crippen LogP contribution in [0.25, 0.3) is 5.76 Å². The number of rotatable bonds is 10. The zero-order valence-electron chi connectivity index (χ0n) is 20.2. The monoisotopic (exact) mass is 469 g/mol. The number of aliphatic hydroxyl groups is 1. The van der Waals surface area contributed by atoms with Crippen LogP contribution in [0.3, 0.4) is 0 Å². The number of hydrogen-bond donors (Lipinski definition) is 1. The molecule has 1 aliphatic heterocycles. The van der Waals surface area contributed by atoms with E-state index in [0.29, 0.717) is 40.9 Å². The standard InChI is InChI=1S/C26H31NO7/c1-16(2)15-34-18-8-6-17(7-9-18)24(28)22-23(27(12-13-31-3)26(30)25(22)29)20-11-10-19(32-4)14-21(20)33-5/h6-11,14,16,23,28H,12-13,15H2,1-5H3/t23-/m1/s1. The second kappa shape index (κ2) is 11.1. The number of ether oxygens (including phenoxy) is 4. The van der Waals surface area contributed by atoms with Gasteiger partial charge in [-0.05, 0) is 42.3 Å². The lowest BCUT2D eigenvalue weighted by Crippen LogP contribution is -2.32. The molecule has 0 aromatic heterocycles. The number of likely N-dealkylation sites (tertiary alicyclic amines) is 1. The minimum Gasteiger partial charge on any atom is -0.507 e. The quantitative estimate of drug-likeness (QED) is 0.321. The summed E-state index contributed by atoms with van der Waals surface area (Å²) < 4.78 is 21.7. The van der Waals surface area contributed by atoms with Crippen molar-refractivity contribution in [2.24, 2.45) is 5.92 Å². The Bertz CT molecular complexity index is 1060. The molecule has 2 aromatic carbocycles. The third-order valence-electron chi connectivity index (χ3n) is 5.52. The minimum atomic E-state index is -0.854. The van der Waals surface area contributed by atoms with Gasteiger partial charge in [0.15, 0.2) is 0 Å². The molecule has 8 heteroatoms. The van der Waals surface area contributed by atoms with E-state index < -0.39 is 17.7 Å². The number of methoxy groups -OCH3 is 3. The largest absolute Gasteiger partial charge is 0.507 e. The van der Waals surface area contributed by atoms with Crippen molar-refractivity contribution in [2.75, 3.05) is 41.1 Å². The predicted molar refractivity (Wildman–Crippen MR) is 127 cm³/mol. The first-order valence-electron chi connectivity index (χ1n) is 11.0. The van der Waals surface area contributed by atoms with Crippen LogP contribution in [-0.2, 0) is 14.3 Å². The fraction of sp³-hybridized carbons (Fsp3) is 0.385. The zero-order valence-corrected chi connectivity index (χ0v) is 20.2. The lowest BCUT2D eigenvalue weighted by molar-refractivity contribution is -0.140. The van der Waals surface area contributed by atoms with E-state index in [1.54, 1.807) is 42.5 Å². The Balaban J connectivity index is 2.10.